The molecule has 0 spiro atoms. The Labute approximate surface area is 105 Å². The standard InChI is InChI=1S/C12H18F3N3/c1-3-9-8-11(12(13,14)15)16-18(9)10-4-6-17(2)7-5-10/h8,10H,3-7H2,1-2H3. The summed E-state index contributed by atoms with van der Waals surface area (Å²) in [5, 5.41) is 3.77. The lowest BCUT2D eigenvalue weighted by Gasteiger charge is -2.30. The van der Waals surface area contributed by atoms with Gasteiger partial charge in [-0.05, 0) is 45.5 Å². The first-order chi connectivity index (χ1) is 8.41. The van der Waals surface area contributed by atoms with E-state index in [-0.39, 0.29) is 6.04 Å². The molecular weight excluding hydrogens is 243 g/mol. The Bertz CT molecular complexity index is 403. The van der Waals surface area contributed by atoms with E-state index in [1.807, 2.05) is 14.0 Å². The maximum atomic E-state index is 12.7. The van der Waals surface area contributed by atoms with E-state index >= 15 is 0 Å². The van der Waals surface area contributed by atoms with Gasteiger partial charge in [-0.15, -0.1) is 0 Å². The first kappa shape index (κ1) is 13.4. The minimum Gasteiger partial charge on any atom is -0.306 e. The molecule has 1 aliphatic heterocycles. The fraction of sp³-hybridized carbons (Fsp3) is 0.750. The lowest BCUT2D eigenvalue weighted by Crippen LogP contribution is -2.32. The number of likely N-dealkylation sites (tertiary alicyclic amines) is 1. The molecule has 0 amide bonds. The van der Waals surface area contributed by atoms with Crippen LogP contribution in [0, 0.1) is 0 Å². The van der Waals surface area contributed by atoms with Crippen LogP contribution in [-0.4, -0.2) is 34.8 Å². The van der Waals surface area contributed by atoms with E-state index in [1.54, 1.807) is 4.68 Å². The topological polar surface area (TPSA) is 21.1 Å². The van der Waals surface area contributed by atoms with Crippen LogP contribution in [0.3, 0.4) is 0 Å². The number of hydrogen-bond acceptors (Lipinski definition) is 2. The Balaban J connectivity index is 2.24. The van der Waals surface area contributed by atoms with Crippen LogP contribution in [0.2, 0.25) is 0 Å². The molecule has 6 heteroatoms. The molecule has 1 aliphatic rings. The van der Waals surface area contributed by atoms with Gasteiger partial charge in [-0.3, -0.25) is 4.68 Å². The van der Waals surface area contributed by atoms with Crippen LogP contribution in [0.25, 0.3) is 0 Å². The van der Waals surface area contributed by atoms with E-state index in [0.29, 0.717) is 12.1 Å². The molecule has 1 aromatic rings. The van der Waals surface area contributed by atoms with Gasteiger partial charge < -0.3 is 4.90 Å². The monoisotopic (exact) mass is 261 g/mol. The van der Waals surface area contributed by atoms with Crippen molar-refractivity contribution in [3.8, 4) is 0 Å². The minimum absolute atomic E-state index is 0.104. The third-order valence-electron chi connectivity index (χ3n) is 3.50. The number of rotatable bonds is 2. The smallest absolute Gasteiger partial charge is 0.306 e. The molecule has 0 N–H and O–H groups in total. The molecule has 0 aliphatic carbocycles. The summed E-state index contributed by atoms with van der Waals surface area (Å²) in [6, 6.07) is 1.28. The molecule has 1 saturated heterocycles. The Morgan fingerprint density at radius 3 is 2.44 bits per heavy atom. The van der Waals surface area contributed by atoms with Crippen LogP contribution in [0.15, 0.2) is 6.07 Å². The van der Waals surface area contributed by atoms with Crippen molar-refractivity contribution in [2.45, 2.75) is 38.4 Å². The lowest BCUT2D eigenvalue weighted by molar-refractivity contribution is -0.141. The molecule has 0 bridgehead atoms. The van der Waals surface area contributed by atoms with Crippen molar-refractivity contribution in [3.63, 3.8) is 0 Å². The predicted octanol–water partition coefficient (Wildman–Crippen LogP) is 2.73. The summed E-state index contributed by atoms with van der Waals surface area (Å²) in [7, 11) is 2.03. The second-order valence-corrected chi connectivity index (χ2v) is 4.85. The molecule has 18 heavy (non-hydrogen) atoms. The molecule has 2 rings (SSSR count). The second-order valence-electron chi connectivity index (χ2n) is 4.85. The molecular formula is C12H18F3N3. The fourth-order valence-electron chi connectivity index (χ4n) is 2.39. The van der Waals surface area contributed by atoms with E-state index in [9.17, 15) is 13.2 Å². The number of halogens is 3. The highest BCUT2D eigenvalue weighted by Gasteiger charge is 2.35. The maximum absolute atomic E-state index is 12.7. The van der Waals surface area contributed by atoms with Gasteiger partial charge in [0.1, 0.15) is 0 Å². The maximum Gasteiger partial charge on any atom is 0.435 e. The van der Waals surface area contributed by atoms with Gasteiger partial charge in [0.25, 0.3) is 0 Å². The molecule has 2 heterocycles. The summed E-state index contributed by atoms with van der Waals surface area (Å²) in [5.41, 5.74) is -0.0878. The number of aromatic nitrogens is 2. The van der Waals surface area contributed by atoms with E-state index in [0.717, 1.165) is 25.9 Å². The van der Waals surface area contributed by atoms with Gasteiger partial charge in [0.15, 0.2) is 5.69 Å². The van der Waals surface area contributed by atoms with E-state index in [4.69, 9.17) is 0 Å². The summed E-state index contributed by atoms with van der Waals surface area (Å²) in [6.07, 6.45) is -2.04. The molecule has 0 saturated carbocycles. The van der Waals surface area contributed by atoms with E-state index < -0.39 is 11.9 Å². The zero-order chi connectivity index (χ0) is 13.3. The molecule has 1 aromatic heterocycles. The zero-order valence-electron chi connectivity index (χ0n) is 10.7. The van der Waals surface area contributed by atoms with Gasteiger partial charge in [-0.1, -0.05) is 6.92 Å². The Morgan fingerprint density at radius 1 is 1.33 bits per heavy atom. The molecule has 3 nitrogen and oxygen atoms in total. The third-order valence-corrected chi connectivity index (χ3v) is 3.50. The number of hydrogen-bond donors (Lipinski definition) is 0. The number of piperidine rings is 1. The summed E-state index contributed by atoms with van der Waals surface area (Å²) in [5.74, 6) is 0. The van der Waals surface area contributed by atoms with Crippen LogP contribution in [-0.2, 0) is 12.6 Å². The molecule has 0 radical (unpaired) electrons. The van der Waals surface area contributed by atoms with Gasteiger partial charge in [0, 0.05) is 5.69 Å². The first-order valence-electron chi connectivity index (χ1n) is 6.26. The van der Waals surface area contributed by atoms with Crippen molar-refractivity contribution in [2.75, 3.05) is 20.1 Å². The average Bonchev–Trinajstić information content (AvgIpc) is 2.73. The van der Waals surface area contributed by atoms with Gasteiger partial charge in [0.2, 0.25) is 0 Å². The van der Waals surface area contributed by atoms with Crippen molar-refractivity contribution in [2.24, 2.45) is 0 Å². The lowest BCUT2D eigenvalue weighted by atomic mass is 10.1. The second kappa shape index (κ2) is 4.91. The summed E-state index contributed by atoms with van der Waals surface area (Å²) in [6.45, 7) is 3.69. The van der Waals surface area contributed by atoms with Crippen LogP contribution >= 0.6 is 0 Å². The summed E-state index contributed by atoms with van der Waals surface area (Å²) in [4.78, 5) is 2.19. The van der Waals surface area contributed by atoms with Gasteiger partial charge >= 0.3 is 6.18 Å². The van der Waals surface area contributed by atoms with E-state index in [2.05, 4.69) is 10.00 Å². The van der Waals surface area contributed by atoms with Crippen LogP contribution in [0.4, 0.5) is 13.2 Å². The highest BCUT2D eigenvalue weighted by atomic mass is 19.4. The largest absolute Gasteiger partial charge is 0.435 e. The average molecular weight is 261 g/mol. The summed E-state index contributed by atoms with van der Waals surface area (Å²) >= 11 is 0. The van der Waals surface area contributed by atoms with Crippen LogP contribution in [0.1, 0.15) is 37.2 Å². The molecule has 102 valence electrons. The van der Waals surface area contributed by atoms with Crippen LogP contribution in [0.5, 0.6) is 0 Å². The highest BCUT2D eigenvalue weighted by Crippen LogP contribution is 2.31. The number of aryl methyl sites for hydroxylation is 1. The van der Waals surface area contributed by atoms with Crippen molar-refractivity contribution < 1.29 is 13.2 Å². The fourth-order valence-corrected chi connectivity index (χ4v) is 2.39. The zero-order valence-corrected chi connectivity index (χ0v) is 10.7. The van der Waals surface area contributed by atoms with Crippen molar-refractivity contribution in [1.29, 1.82) is 0 Å². The highest BCUT2D eigenvalue weighted by molar-refractivity contribution is 5.14. The summed E-state index contributed by atoms with van der Waals surface area (Å²) < 4.78 is 39.6. The quantitative estimate of drug-likeness (QED) is 0.816. The number of nitrogens with zero attached hydrogens (tertiary/aromatic N) is 3. The normalized spacial score (nSPS) is 19.4. The van der Waals surface area contributed by atoms with E-state index in [1.165, 1.54) is 6.07 Å². The molecule has 1 fully saturated rings. The molecule has 0 unspecified atom stereocenters. The van der Waals surface area contributed by atoms with Gasteiger partial charge in [-0.25, -0.2) is 0 Å². The minimum atomic E-state index is -4.35. The predicted molar refractivity (Wildman–Crippen MR) is 62.4 cm³/mol. The third kappa shape index (κ3) is 2.68. The Kier molecular flexibility index (Phi) is 3.66. The number of alkyl halides is 3. The molecule has 0 atom stereocenters. The SMILES string of the molecule is CCc1cc(C(F)(F)F)nn1C1CCN(C)CC1. The Morgan fingerprint density at radius 2 is 1.94 bits per heavy atom. The van der Waals surface area contributed by atoms with Crippen molar-refractivity contribution in [1.82, 2.24) is 14.7 Å². The first-order valence-corrected chi connectivity index (χ1v) is 6.26. The van der Waals surface area contributed by atoms with Gasteiger partial charge in [-0.2, -0.15) is 18.3 Å². The van der Waals surface area contributed by atoms with Crippen molar-refractivity contribution >= 4 is 0 Å². The van der Waals surface area contributed by atoms with Gasteiger partial charge in [0.05, 0.1) is 6.04 Å². The molecule has 0 aromatic carbocycles. The Hall–Kier alpha value is -1.04. The van der Waals surface area contributed by atoms with Crippen LogP contribution < -0.4 is 0 Å². The van der Waals surface area contributed by atoms with Crippen molar-refractivity contribution in [3.05, 3.63) is 17.5 Å².